The van der Waals surface area contributed by atoms with Crippen molar-refractivity contribution in [2.24, 2.45) is 0 Å². The summed E-state index contributed by atoms with van der Waals surface area (Å²) in [5.41, 5.74) is 1.64. The lowest BCUT2D eigenvalue weighted by molar-refractivity contribution is 0.181. The van der Waals surface area contributed by atoms with Crippen LogP contribution in [0.25, 0.3) is 10.7 Å². The molecule has 1 saturated carbocycles. The predicted molar refractivity (Wildman–Crippen MR) is 75.9 cm³/mol. The van der Waals surface area contributed by atoms with Crippen molar-refractivity contribution >= 4 is 11.3 Å². The van der Waals surface area contributed by atoms with E-state index in [4.69, 9.17) is 4.74 Å². The number of pyridine rings is 1. The van der Waals surface area contributed by atoms with E-state index in [-0.39, 0.29) is 5.82 Å². The van der Waals surface area contributed by atoms with Crippen molar-refractivity contribution in [1.82, 2.24) is 15.3 Å². The summed E-state index contributed by atoms with van der Waals surface area (Å²) in [5.74, 6) is -0.335. The molecule has 0 amide bonds. The molecule has 0 aliphatic heterocycles. The van der Waals surface area contributed by atoms with E-state index in [1.807, 2.05) is 0 Å². The van der Waals surface area contributed by atoms with E-state index in [0.717, 1.165) is 17.2 Å². The van der Waals surface area contributed by atoms with Gasteiger partial charge in [-0.3, -0.25) is 4.98 Å². The fourth-order valence-electron chi connectivity index (χ4n) is 1.91. The van der Waals surface area contributed by atoms with Crippen LogP contribution in [0.3, 0.4) is 0 Å². The number of halogens is 1. The van der Waals surface area contributed by atoms with Crippen LogP contribution in [0.15, 0.2) is 18.3 Å². The van der Waals surface area contributed by atoms with Crippen LogP contribution in [-0.2, 0) is 17.9 Å². The smallest absolute Gasteiger partial charge is 0.142 e. The van der Waals surface area contributed by atoms with Crippen LogP contribution in [0.4, 0.5) is 4.39 Å². The first kappa shape index (κ1) is 13.6. The maximum atomic E-state index is 12.9. The van der Waals surface area contributed by atoms with Crippen molar-refractivity contribution in [3.8, 4) is 10.7 Å². The van der Waals surface area contributed by atoms with Gasteiger partial charge in [0, 0.05) is 24.6 Å². The number of methoxy groups -OCH3 is 1. The molecule has 1 fully saturated rings. The number of nitrogens with zero attached hydrogens (tertiary/aromatic N) is 2. The van der Waals surface area contributed by atoms with Crippen LogP contribution in [0.5, 0.6) is 0 Å². The maximum Gasteiger partial charge on any atom is 0.142 e. The van der Waals surface area contributed by atoms with Gasteiger partial charge in [-0.2, -0.15) is 0 Å². The zero-order valence-corrected chi connectivity index (χ0v) is 12.0. The first-order chi connectivity index (χ1) is 9.76. The molecule has 0 spiro atoms. The SMILES string of the molecule is COCc1nc(-c2ccc(F)cn2)sc1CNC1CC1. The van der Waals surface area contributed by atoms with Gasteiger partial charge >= 0.3 is 0 Å². The lowest BCUT2D eigenvalue weighted by atomic mass is 10.3. The fourth-order valence-corrected chi connectivity index (χ4v) is 2.90. The van der Waals surface area contributed by atoms with Gasteiger partial charge < -0.3 is 10.1 Å². The first-order valence-electron chi connectivity index (χ1n) is 6.59. The van der Waals surface area contributed by atoms with Crippen LogP contribution in [0.1, 0.15) is 23.4 Å². The summed E-state index contributed by atoms with van der Waals surface area (Å²) in [6, 6.07) is 3.71. The molecule has 1 aliphatic carbocycles. The van der Waals surface area contributed by atoms with Crippen molar-refractivity contribution < 1.29 is 9.13 Å². The largest absolute Gasteiger partial charge is 0.378 e. The normalized spacial score (nSPS) is 14.7. The third-order valence-electron chi connectivity index (χ3n) is 3.13. The molecule has 3 rings (SSSR count). The van der Waals surface area contributed by atoms with Gasteiger partial charge in [-0.15, -0.1) is 11.3 Å². The molecule has 0 bridgehead atoms. The topological polar surface area (TPSA) is 47.0 Å². The van der Waals surface area contributed by atoms with E-state index in [0.29, 0.717) is 18.3 Å². The summed E-state index contributed by atoms with van der Waals surface area (Å²) in [6.07, 6.45) is 3.73. The highest BCUT2D eigenvalue weighted by molar-refractivity contribution is 7.15. The van der Waals surface area contributed by atoms with E-state index in [1.165, 1.54) is 30.0 Å². The fraction of sp³-hybridized carbons (Fsp3) is 0.429. The number of hydrogen-bond donors (Lipinski definition) is 1. The molecule has 1 N–H and O–H groups in total. The van der Waals surface area contributed by atoms with Gasteiger partial charge in [0.25, 0.3) is 0 Å². The Morgan fingerprint density at radius 1 is 1.45 bits per heavy atom. The Morgan fingerprint density at radius 2 is 2.30 bits per heavy atom. The Hall–Kier alpha value is -1.37. The number of aromatic nitrogens is 2. The summed E-state index contributed by atoms with van der Waals surface area (Å²) in [7, 11) is 1.66. The van der Waals surface area contributed by atoms with E-state index in [1.54, 1.807) is 24.5 Å². The average Bonchev–Trinajstić information content (AvgIpc) is 3.19. The van der Waals surface area contributed by atoms with Crippen LogP contribution < -0.4 is 5.32 Å². The van der Waals surface area contributed by atoms with Crippen molar-refractivity contribution in [2.45, 2.75) is 32.0 Å². The quantitative estimate of drug-likeness (QED) is 0.889. The standard InChI is InChI=1S/C14H16FN3OS/c1-19-8-12-13(7-16-10-3-4-10)20-14(18-12)11-5-2-9(15)6-17-11/h2,5-6,10,16H,3-4,7-8H2,1H3. The van der Waals surface area contributed by atoms with E-state index >= 15 is 0 Å². The van der Waals surface area contributed by atoms with Gasteiger partial charge in [0.1, 0.15) is 10.8 Å². The average molecular weight is 293 g/mol. The maximum absolute atomic E-state index is 12.9. The Labute approximate surface area is 121 Å². The van der Waals surface area contributed by atoms with Gasteiger partial charge in [-0.05, 0) is 25.0 Å². The minimum absolute atomic E-state index is 0.335. The molecular weight excluding hydrogens is 277 g/mol. The zero-order chi connectivity index (χ0) is 13.9. The second-order valence-corrected chi connectivity index (χ2v) is 5.92. The van der Waals surface area contributed by atoms with Crippen LogP contribution in [0.2, 0.25) is 0 Å². The van der Waals surface area contributed by atoms with E-state index < -0.39 is 0 Å². The van der Waals surface area contributed by atoms with Crippen molar-refractivity contribution in [3.05, 3.63) is 34.7 Å². The summed E-state index contributed by atoms with van der Waals surface area (Å²) in [6.45, 7) is 1.29. The highest BCUT2D eigenvalue weighted by atomic mass is 32.1. The molecule has 0 saturated heterocycles. The molecule has 106 valence electrons. The van der Waals surface area contributed by atoms with Gasteiger partial charge in [0.2, 0.25) is 0 Å². The van der Waals surface area contributed by atoms with Crippen LogP contribution >= 0.6 is 11.3 Å². The van der Waals surface area contributed by atoms with Crippen molar-refractivity contribution in [1.29, 1.82) is 0 Å². The van der Waals surface area contributed by atoms with Gasteiger partial charge in [0.15, 0.2) is 0 Å². The molecule has 0 aromatic carbocycles. The van der Waals surface area contributed by atoms with Crippen LogP contribution in [0, 0.1) is 5.82 Å². The lowest BCUT2D eigenvalue weighted by Crippen LogP contribution is -2.15. The molecule has 2 aromatic rings. The van der Waals surface area contributed by atoms with Gasteiger partial charge in [-0.1, -0.05) is 0 Å². The number of nitrogens with one attached hydrogen (secondary N) is 1. The molecule has 6 heteroatoms. The molecule has 2 aromatic heterocycles. The third-order valence-corrected chi connectivity index (χ3v) is 4.25. The summed E-state index contributed by atoms with van der Waals surface area (Å²) < 4.78 is 18.1. The van der Waals surface area contributed by atoms with E-state index in [9.17, 15) is 4.39 Å². The Morgan fingerprint density at radius 3 is 2.95 bits per heavy atom. The molecule has 4 nitrogen and oxygen atoms in total. The summed E-state index contributed by atoms with van der Waals surface area (Å²) in [5, 5.41) is 4.29. The number of ether oxygens (including phenoxy) is 1. The molecule has 0 atom stereocenters. The minimum atomic E-state index is -0.335. The monoisotopic (exact) mass is 293 g/mol. The van der Waals surface area contributed by atoms with Gasteiger partial charge in [0.05, 0.1) is 24.2 Å². The highest BCUT2D eigenvalue weighted by Gasteiger charge is 2.22. The molecule has 20 heavy (non-hydrogen) atoms. The number of rotatable bonds is 6. The zero-order valence-electron chi connectivity index (χ0n) is 11.2. The predicted octanol–water partition coefficient (Wildman–Crippen LogP) is 2.74. The number of hydrogen-bond acceptors (Lipinski definition) is 5. The number of thiazole rings is 1. The van der Waals surface area contributed by atoms with Crippen molar-refractivity contribution in [2.75, 3.05) is 7.11 Å². The van der Waals surface area contributed by atoms with E-state index in [2.05, 4.69) is 15.3 Å². The third kappa shape index (κ3) is 3.20. The molecule has 0 radical (unpaired) electrons. The molecule has 1 aliphatic rings. The van der Waals surface area contributed by atoms with Crippen molar-refractivity contribution in [3.63, 3.8) is 0 Å². The highest BCUT2D eigenvalue weighted by Crippen LogP contribution is 2.28. The van der Waals surface area contributed by atoms with Gasteiger partial charge in [-0.25, -0.2) is 9.37 Å². The van der Waals surface area contributed by atoms with Crippen LogP contribution in [-0.4, -0.2) is 23.1 Å². The first-order valence-corrected chi connectivity index (χ1v) is 7.40. The molecular formula is C14H16FN3OS. The Balaban J connectivity index is 1.82. The minimum Gasteiger partial charge on any atom is -0.378 e. The Bertz CT molecular complexity index is 581. The lowest BCUT2D eigenvalue weighted by Gasteiger charge is -2.02. The Kier molecular flexibility index (Phi) is 4.05. The molecule has 2 heterocycles. The summed E-state index contributed by atoms with van der Waals surface area (Å²) in [4.78, 5) is 9.82. The molecule has 0 unspecified atom stereocenters. The summed E-state index contributed by atoms with van der Waals surface area (Å²) >= 11 is 1.59. The second kappa shape index (κ2) is 5.95. The second-order valence-electron chi connectivity index (χ2n) is 4.84.